The Labute approximate surface area is 148 Å². The number of methoxy groups -OCH3 is 1. The number of carbonyl (C=O) groups is 2. The normalized spacial score (nSPS) is 10.3. The van der Waals surface area contributed by atoms with Crippen LogP contribution < -0.4 is 20.4 Å². The van der Waals surface area contributed by atoms with Gasteiger partial charge in [-0.05, 0) is 24.3 Å². The molecule has 2 aromatic carbocycles. The number of ether oxygens (including phenoxy) is 2. The van der Waals surface area contributed by atoms with Crippen molar-refractivity contribution in [3.8, 4) is 11.5 Å². The first-order chi connectivity index (χ1) is 12.6. The first-order valence-electron chi connectivity index (χ1n) is 7.73. The van der Waals surface area contributed by atoms with Gasteiger partial charge in [-0.25, -0.2) is 9.59 Å². The van der Waals surface area contributed by atoms with Gasteiger partial charge in [-0.2, -0.15) is 0 Å². The molecule has 26 heavy (non-hydrogen) atoms. The summed E-state index contributed by atoms with van der Waals surface area (Å²) < 4.78 is 15.3. The van der Waals surface area contributed by atoms with Gasteiger partial charge in [-0.15, -0.1) is 0 Å². The topological polar surface area (TPSA) is 94.8 Å². The highest BCUT2D eigenvalue weighted by Gasteiger charge is 2.16. The van der Waals surface area contributed by atoms with Crippen molar-refractivity contribution in [2.24, 2.45) is 0 Å². The van der Waals surface area contributed by atoms with Crippen LogP contribution in [-0.2, 0) is 4.79 Å². The summed E-state index contributed by atoms with van der Waals surface area (Å²) in [5.74, 6) is -0.795. The Balaban J connectivity index is 1.68. The van der Waals surface area contributed by atoms with Crippen LogP contribution in [0.1, 0.15) is 10.4 Å². The number of nitrogens with one attached hydrogen (secondary N) is 1. The van der Waals surface area contributed by atoms with Gasteiger partial charge in [0.05, 0.1) is 7.11 Å². The molecule has 0 fully saturated rings. The molecule has 1 heterocycles. The molecule has 0 bridgehead atoms. The molecule has 0 unspecified atom stereocenters. The van der Waals surface area contributed by atoms with Gasteiger partial charge in [0.25, 0.3) is 5.91 Å². The van der Waals surface area contributed by atoms with Crippen molar-refractivity contribution in [2.75, 3.05) is 13.7 Å². The molecule has 0 radical (unpaired) electrons. The number of rotatable bonds is 5. The van der Waals surface area contributed by atoms with E-state index in [1.165, 1.54) is 13.2 Å². The van der Waals surface area contributed by atoms with Gasteiger partial charge in [0, 0.05) is 5.39 Å². The van der Waals surface area contributed by atoms with Gasteiger partial charge in [0.15, 0.2) is 11.5 Å². The summed E-state index contributed by atoms with van der Waals surface area (Å²) in [6, 6.07) is 14.9. The van der Waals surface area contributed by atoms with Crippen LogP contribution in [0.4, 0.5) is 0 Å². The molecule has 132 valence electrons. The average molecular weight is 353 g/mol. The molecule has 0 saturated heterocycles. The Morgan fingerprint density at radius 1 is 1.04 bits per heavy atom. The summed E-state index contributed by atoms with van der Waals surface area (Å²) in [5.41, 5.74) is -0.585. The lowest BCUT2D eigenvalue weighted by Gasteiger charge is -2.09. The third-order valence-electron chi connectivity index (χ3n) is 3.57. The Hall–Kier alpha value is -3.61. The number of para-hydroxylation sites is 3. The summed E-state index contributed by atoms with van der Waals surface area (Å²) in [6.07, 6.45) is 0. The maximum absolute atomic E-state index is 12.2. The van der Waals surface area contributed by atoms with Crippen LogP contribution in [0.5, 0.6) is 11.5 Å². The predicted molar refractivity (Wildman–Crippen MR) is 93.4 cm³/mol. The largest absolute Gasteiger partial charge is 0.493 e. The molecule has 0 spiro atoms. The van der Waals surface area contributed by atoms with E-state index in [1.807, 2.05) is 0 Å². The van der Waals surface area contributed by atoms with Crippen LogP contribution >= 0.6 is 0 Å². The molecule has 0 aliphatic rings. The molecule has 3 rings (SSSR count). The molecule has 7 heteroatoms. The lowest BCUT2D eigenvalue weighted by molar-refractivity contribution is -0.133. The number of hydrogen-bond donors (Lipinski definition) is 1. The SMILES string of the molecule is COc1ccccc1OC(=O)CNC(=O)c1cc2ccccc2oc1=O. The zero-order chi connectivity index (χ0) is 18.5. The van der Waals surface area contributed by atoms with E-state index in [9.17, 15) is 14.4 Å². The smallest absolute Gasteiger partial charge is 0.349 e. The minimum absolute atomic E-state index is 0.186. The van der Waals surface area contributed by atoms with E-state index in [2.05, 4.69) is 5.32 Å². The van der Waals surface area contributed by atoms with Gasteiger partial charge in [0.1, 0.15) is 17.7 Å². The number of hydrogen-bond acceptors (Lipinski definition) is 6. The Morgan fingerprint density at radius 2 is 1.73 bits per heavy atom. The molecule has 0 aliphatic heterocycles. The Kier molecular flexibility index (Phi) is 4.98. The van der Waals surface area contributed by atoms with Gasteiger partial charge < -0.3 is 19.2 Å². The quantitative estimate of drug-likeness (QED) is 0.429. The molecule has 1 amide bonds. The van der Waals surface area contributed by atoms with Gasteiger partial charge >= 0.3 is 11.6 Å². The zero-order valence-corrected chi connectivity index (χ0v) is 13.9. The first-order valence-corrected chi connectivity index (χ1v) is 7.73. The predicted octanol–water partition coefficient (Wildman–Crippen LogP) is 2.14. The maximum atomic E-state index is 12.2. The average Bonchev–Trinajstić information content (AvgIpc) is 2.66. The maximum Gasteiger partial charge on any atom is 0.349 e. The molecular formula is C19H15NO6. The van der Waals surface area contributed by atoms with E-state index in [4.69, 9.17) is 13.9 Å². The lowest BCUT2D eigenvalue weighted by atomic mass is 10.2. The van der Waals surface area contributed by atoms with Crippen LogP contribution in [0.25, 0.3) is 11.0 Å². The molecule has 0 atom stereocenters. The van der Waals surface area contributed by atoms with E-state index in [0.29, 0.717) is 16.7 Å². The van der Waals surface area contributed by atoms with E-state index >= 15 is 0 Å². The fourth-order valence-corrected chi connectivity index (χ4v) is 2.33. The summed E-state index contributed by atoms with van der Waals surface area (Å²) in [6.45, 7) is -0.414. The standard InChI is InChI=1S/C19H15NO6/c1-24-15-8-4-5-9-16(15)25-17(21)11-20-18(22)13-10-12-6-2-3-7-14(12)26-19(13)23/h2-10H,11H2,1H3,(H,20,22). The van der Waals surface area contributed by atoms with Gasteiger partial charge in [0.2, 0.25) is 0 Å². The van der Waals surface area contributed by atoms with Gasteiger partial charge in [-0.1, -0.05) is 30.3 Å². The van der Waals surface area contributed by atoms with Crippen LogP contribution in [0.3, 0.4) is 0 Å². The van der Waals surface area contributed by atoms with Crippen LogP contribution in [-0.4, -0.2) is 25.5 Å². The summed E-state index contributed by atoms with van der Waals surface area (Å²) in [4.78, 5) is 36.0. The Morgan fingerprint density at radius 3 is 2.50 bits per heavy atom. The number of esters is 1. The second-order valence-electron chi connectivity index (χ2n) is 5.29. The van der Waals surface area contributed by atoms with E-state index in [1.54, 1.807) is 48.5 Å². The van der Waals surface area contributed by atoms with Crippen LogP contribution in [0.2, 0.25) is 0 Å². The van der Waals surface area contributed by atoms with Gasteiger partial charge in [-0.3, -0.25) is 4.79 Å². The molecule has 1 N–H and O–H groups in total. The lowest BCUT2D eigenvalue weighted by Crippen LogP contribution is -2.34. The Bertz CT molecular complexity index is 1020. The van der Waals surface area contributed by atoms with Crippen molar-refractivity contribution < 1.29 is 23.5 Å². The number of carbonyl (C=O) groups excluding carboxylic acids is 2. The van der Waals surface area contributed by atoms with E-state index < -0.39 is 24.0 Å². The summed E-state index contributed by atoms with van der Waals surface area (Å²) in [7, 11) is 1.45. The molecular weight excluding hydrogens is 338 g/mol. The molecule has 0 aliphatic carbocycles. The van der Waals surface area contributed by atoms with Crippen molar-refractivity contribution in [2.45, 2.75) is 0 Å². The van der Waals surface area contributed by atoms with Crippen molar-refractivity contribution in [3.05, 3.63) is 70.6 Å². The van der Waals surface area contributed by atoms with Crippen molar-refractivity contribution in [1.82, 2.24) is 5.32 Å². The monoisotopic (exact) mass is 353 g/mol. The highest BCUT2D eigenvalue weighted by atomic mass is 16.6. The molecule has 7 nitrogen and oxygen atoms in total. The first kappa shape index (κ1) is 17.2. The summed E-state index contributed by atoms with van der Waals surface area (Å²) in [5, 5.41) is 2.95. The molecule has 3 aromatic rings. The fraction of sp³-hybridized carbons (Fsp3) is 0.105. The minimum atomic E-state index is -0.778. The van der Waals surface area contributed by atoms with E-state index in [-0.39, 0.29) is 11.3 Å². The number of amides is 1. The summed E-state index contributed by atoms with van der Waals surface area (Å²) >= 11 is 0. The third-order valence-corrected chi connectivity index (χ3v) is 3.57. The second-order valence-corrected chi connectivity index (χ2v) is 5.29. The third kappa shape index (κ3) is 3.72. The van der Waals surface area contributed by atoms with Crippen molar-refractivity contribution >= 4 is 22.8 Å². The highest BCUT2D eigenvalue weighted by Crippen LogP contribution is 2.25. The van der Waals surface area contributed by atoms with Crippen molar-refractivity contribution in [3.63, 3.8) is 0 Å². The highest BCUT2D eigenvalue weighted by molar-refractivity contribution is 5.98. The minimum Gasteiger partial charge on any atom is -0.493 e. The van der Waals surface area contributed by atoms with Crippen LogP contribution in [0.15, 0.2) is 63.8 Å². The molecule has 0 saturated carbocycles. The second kappa shape index (κ2) is 7.52. The van der Waals surface area contributed by atoms with Crippen molar-refractivity contribution in [1.29, 1.82) is 0 Å². The molecule has 1 aromatic heterocycles. The zero-order valence-electron chi connectivity index (χ0n) is 13.9. The van der Waals surface area contributed by atoms with Crippen LogP contribution in [0, 0.1) is 0 Å². The van der Waals surface area contributed by atoms with E-state index in [0.717, 1.165) is 0 Å². The fourth-order valence-electron chi connectivity index (χ4n) is 2.33. The number of benzene rings is 2. The number of fused-ring (bicyclic) bond motifs is 1.